The lowest BCUT2D eigenvalue weighted by Gasteiger charge is -2.28. The van der Waals surface area contributed by atoms with Gasteiger partial charge in [-0.15, -0.1) is 0 Å². The molecule has 0 radical (unpaired) electrons. The van der Waals surface area contributed by atoms with Crippen molar-refractivity contribution >= 4 is 22.7 Å². The van der Waals surface area contributed by atoms with Gasteiger partial charge in [-0.1, -0.05) is 37.3 Å². The van der Waals surface area contributed by atoms with Crippen molar-refractivity contribution in [2.75, 3.05) is 20.8 Å². The average Bonchev–Trinajstić information content (AvgIpc) is 3.33. The van der Waals surface area contributed by atoms with E-state index >= 15 is 0 Å². The molecular formula is C24H23NO6. The molecule has 0 fully saturated rings. The first-order chi connectivity index (χ1) is 15.0. The normalized spacial score (nSPS) is 16.3. The van der Waals surface area contributed by atoms with Crippen LogP contribution in [-0.4, -0.2) is 42.5 Å². The fourth-order valence-corrected chi connectivity index (χ4v) is 4.03. The number of para-hydroxylation sites is 2. The molecule has 1 aliphatic rings. The number of carbonyl (C=O) groups is 2. The van der Waals surface area contributed by atoms with Crippen LogP contribution in [0.25, 0.3) is 11.0 Å². The molecule has 7 nitrogen and oxygen atoms in total. The van der Waals surface area contributed by atoms with Gasteiger partial charge in [0.25, 0.3) is 5.91 Å². The SMILES string of the molecule is CCCN1C(=O)C(O)=C(C(=O)c2cc3ccccc3o2)C1c1cccc(OC)c1OC. The summed E-state index contributed by atoms with van der Waals surface area (Å²) in [6, 6.07) is 13.3. The van der Waals surface area contributed by atoms with Gasteiger partial charge in [0.05, 0.1) is 25.8 Å². The highest BCUT2D eigenvalue weighted by Crippen LogP contribution is 2.45. The highest BCUT2D eigenvalue weighted by atomic mass is 16.5. The van der Waals surface area contributed by atoms with Crippen LogP contribution in [0.1, 0.15) is 35.5 Å². The molecule has 2 aromatic carbocycles. The summed E-state index contributed by atoms with van der Waals surface area (Å²) in [7, 11) is 3.01. The summed E-state index contributed by atoms with van der Waals surface area (Å²) < 4.78 is 16.7. The van der Waals surface area contributed by atoms with Gasteiger partial charge >= 0.3 is 0 Å². The summed E-state index contributed by atoms with van der Waals surface area (Å²) in [5, 5.41) is 11.5. The molecule has 1 aliphatic heterocycles. The van der Waals surface area contributed by atoms with Crippen LogP contribution in [-0.2, 0) is 4.79 Å². The maximum absolute atomic E-state index is 13.5. The summed E-state index contributed by atoms with van der Waals surface area (Å²) in [4.78, 5) is 27.9. The summed E-state index contributed by atoms with van der Waals surface area (Å²) in [6.45, 7) is 2.27. The van der Waals surface area contributed by atoms with Gasteiger partial charge in [-0.25, -0.2) is 0 Å². The number of rotatable bonds is 7. The molecule has 0 saturated carbocycles. The zero-order valence-electron chi connectivity index (χ0n) is 17.5. The Labute approximate surface area is 179 Å². The van der Waals surface area contributed by atoms with E-state index in [1.54, 1.807) is 30.3 Å². The molecule has 1 aromatic heterocycles. The number of methoxy groups -OCH3 is 2. The average molecular weight is 421 g/mol. The van der Waals surface area contributed by atoms with E-state index in [9.17, 15) is 14.7 Å². The van der Waals surface area contributed by atoms with Gasteiger partial charge in [-0.2, -0.15) is 0 Å². The lowest BCUT2D eigenvalue weighted by Crippen LogP contribution is -2.32. The van der Waals surface area contributed by atoms with Crippen LogP contribution in [0.4, 0.5) is 0 Å². The Morgan fingerprint density at radius 2 is 1.90 bits per heavy atom. The number of ether oxygens (including phenoxy) is 2. The first-order valence-electron chi connectivity index (χ1n) is 10.00. The number of hydrogen-bond acceptors (Lipinski definition) is 6. The zero-order chi connectivity index (χ0) is 22.1. The molecule has 2 heterocycles. The summed E-state index contributed by atoms with van der Waals surface area (Å²) in [6.07, 6.45) is 0.647. The number of hydrogen-bond donors (Lipinski definition) is 1. The molecule has 1 N–H and O–H groups in total. The lowest BCUT2D eigenvalue weighted by molar-refractivity contribution is -0.129. The van der Waals surface area contributed by atoms with Gasteiger partial charge in [0, 0.05) is 17.5 Å². The van der Waals surface area contributed by atoms with E-state index < -0.39 is 23.5 Å². The number of fused-ring (bicyclic) bond motifs is 1. The van der Waals surface area contributed by atoms with Crippen LogP contribution < -0.4 is 9.47 Å². The van der Waals surface area contributed by atoms with E-state index in [2.05, 4.69) is 0 Å². The molecule has 0 bridgehead atoms. The van der Waals surface area contributed by atoms with Gasteiger partial charge in [0.1, 0.15) is 5.58 Å². The molecule has 1 unspecified atom stereocenters. The smallest absolute Gasteiger partial charge is 0.290 e. The summed E-state index contributed by atoms with van der Waals surface area (Å²) >= 11 is 0. The second kappa shape index (κ2) is 8.18. The monoisotopic (exact) mass is 421 g/mol. The largest absolute Gasteiger partial charge is 0.503 e. The quantitative estimate of drug-likeness (QED) is 0.568. The second-order valence-electron chi connectivity index (χ2n) is 7.22. The Balaban J connectivity index is 1.88. The molecule has 7 heteroatoms. The van der Waals surface area contributed by atoms with Crippen molar-refractivity contribution in [2.24, 2.45) is 0 Å². The van der Waals surface area contributed by atoms with Crippen molar-refractivity contribution in [2.45, 2.75) is 19.4 Å². The molecule has 1 amide bonds. The minimum atomic E-state index is -0.835. The summed E-state index contributed by atoms with van der Waals surface area (Å²) in [5.41, 5.74) is 1.06. The third-order valence-corrected chi connectivity index (χ3v) is 5.39. The highest BCUT2D eigenvalue weighted by molar-refractivity contribution is 6.16. The van der Waals surface area contributed by atoms with Crippen LogP contribution in [0.2, 0.25) is 0 Å². The standard InChI is InChI=1S/C24H23NO6/c1-4-12-25-20(15-9-7-11-17(29-2)23(15)30-3)19(22(27)24(25)28)21(26)18-13-14-8-5-6-10-16(14)31-18/h5-11,13,20,27H,4,12H2,1-3H3. The van der Waals surface area contributed by atoms with Crippen LogP contribution in [0.3, 0.4) is 0 Å². The number of nitrogens with zero attached hydrogens (tertiary/aromatic N) is 1. The Hall–Kier alpha value is -3.74. The minimum Gasteiger partial charge on any atom is -0.503 e. The predicted octanol–water partition coefficient (Wildman–Crippen LogP) is 4.44. The van der Waals surface area contributed by atoms with Crippen LogP contribution in [0.15, 0.2) is 64.3 Å². The maximum atomic E-state index is 13.5. The van der Waals surface area contributed by atoms with Crippen molar-refractivity contribution in [1.29, 1.82) is 0 Å². The molecule has 4 rings (SSSR count). The van der Waals surface area contributed by atoms with Crippen molar-refractivity contribution in [3.8, 4) is 11.5 Å². The number of furan rings is 1. The van der Waals surface area contributed by atoms with E-state index in [0.717, 1.165) is 5.39 Å². The Morgan fingerprint density at radius 3 is 2.58 bits per heavy atom. The fraction of sp³-hybridized carbons (Fsp3) is 0.250. The van der Waals surface area contributed by atoms with Gasteiger partial charge in [0.2, 0.25) is 5.78 Å². The van der Waals surface area contributed by atoms with E-state index in [0.29, 0.717) is 35.6 Å². The van der Waals surface area contributed by atoms with E-state index in [-0.39, 0.29) is 11.3 Å². The third kappa shape index (κ3) is 3.32. The summed E-state index contributed by atoms with van der Waals surface area (Å²) in [5.74, 6) is -0.805. The Kier molecular flexibility index (Phi) is 5.42. The number of Topliss-reactive ketones (excluding diaryl/α,β-unsaturated/α-hetero) is 1. The fourth-order valence-electron chi connectivity index (χ4n) is 4.03. The topological polar surface area (TPSA) is 89.2 Å². The number of carbonyl (C=O) groups excluding carboxylic acids is 2. The number of aliphatic hydroxyl groups is 1. The number of aliphatic hydroxyl groups excluding tert-OH is 1. The molecular weight excluding hydrogens is 398 g/mol. The minimum absolute atomic E-state index is 0.0379. The van der Waals surface area contributed by atoms with E-state index in [1.165, 1.54) is 19.1 Å². The number of ketones is 1. The van der Waals surface area contributed by atoms with Crippen LogP contribution >= 0.6 is 0 Å². The zero-order valence-corrected chi connectivity index (χ0v) is 17.5. The van der Waals surface area contributed by atoms with Gasteiger partial charge in [-0.3, -0.25) is 9.59 Å². The van der Waals surface area contributed by atoms with Crippen molar-refractivity contribution < 1.29 is 28.6 Å². The predicted molar refractivity (Wildman–Crippen MR) is 114 cm³/mol. The van der Waals surface area contributed by atoms with Crippen LogP contribution in [0, 0.1) is 0 Å². The van der Waals surface area contributed by atoms with Crippen LogP contribution in [0.5, 0.6) is 11.5 Å². The van der Waals surface area contributed by atoms with Gasteiger partial charge in [0.15, 0.2) is 23.0 Å². The van der Waals surface area contributed by atoms with E-state index in [1.807, 2.05) is 25.1 Å². The lowest BCUT2D eigenvalue weighted by atomic mass is 9.94. The molecule has 160 valence electrons. The number of benzene rings is 2. The number of amides is 1. The molecule has 0 aliphatic carbocycles. The first kappa shape index (κ1) is 20.5. The molecule has 31 heavy (non-hydrogen) atoms. The van der Waals surface area contributed by atoms with Crippen molar-refractivity contribution in [1.82, 2.24) is 4.90 Å². The third-order valence-electron chi connectivity index (χ3n) is 5.39. The Bertz CT molecular complexity index is 1160. The second-order valence-corrected chi connectivity index (χ2v) is 7.22. The Morgan fingerprint density at radius 1 is 1.13 bits per heavy atom. The molecule has 0 spiro atoms. The van der Waals surface area contributed by atoms with Gasteiger partial charge in [-0.05, 0) is 24.6 Å². The van der Waals surface area contributed by atoms with Crippen molar-refractivity contribution in [3.63, 3.8) is 0 Å². The molecule has 1 atom stereocenters. The maximum Gasteiger partial charge on any atom is 0.290 e. The van der Waals surface area contributed by atoms with Crippen molar-refractivity contribution in [3.05, 3.63) is 71.2 Å². The molecule has 0 saturated heterocycles. The highest BCUT2D eigenvalue weighted by Gasteiger charge is 2.45. The van der Waals surface area contributed by atoms with E-state index in [4.69, 9.17) is 13.9 Å². The van der Waals surface area contributed by atoms with Gasteiger partial charge < -0.3 is 23.9 Å². The molecule has 3 aromatic rings. The first-order valence-corrected chi connectivity index (χ1v) is 10.00.